The number of carbonyl (C=O) groups is 1. The smallest absolute Gasteiger partial charge is 0.266 e. The van der Waals surface area contributed by atoms with Gasteiger partial charge in [0.1, 0.15) is 5.00 Å². The van der Waals surface area contributed by atoms with Gasteiger partial charge in [0.05, 0.1) is 14.9 Å². The molecule has 2 heterocycles. The number of anilines is 1. The lowest BCUT2D eigenvalue weighted by molar-refractivity contribution is 0.103. The van der Waals surface area contributed by atoms with Gasteiger partial charge in [0, 0.05) is 11.5 Å². The molecule has 0 radical (unpaired) electrons. The molecule has 0 saturated carbocycles. The maximum Gasteiger partial charge on any atom is 0.266 e. The Bertz CT molecular complexity index is 439. The Morgan fingerprint density at radius 3 is 2.93 bits per heavy atom. The number of halogens is 1. The van der Waals surface area contributed by atoms with Crippen LogP contribution in [0.3, 0.4) is 0 Å². The first kappa shape index (κ1) is 9.75. The molecule has 0 aliphatic heterocycles. The number of amides is 1. The van der Waals surface area contributed by atoms with E-state index in [-0.39, 0.29) is 5.91 Å². The Hall–Kier alpha value is -0.790. The van der Waals surface area contributed by atoms with Crippen LogP contribution in [0.25, 0.3) is 0 Å². The van der Waals surface area contributed by atoms with Crippen LogP contribution in [0.15, 0.2) is 22.1 Å². The topological polar surface area (TPSA) is 54.9 Å². The van der Waals surface area contributed by atoms with Crippen molar-refractivity contribution in [3.05, 3.63) is 27.0 Å². The summed E-state index contributed by atoms with van der Waals surface area (Å²) in [6.45, 7) is 0. The zero-order chi connectivity index (χ0) is 9.97. The molecule has 1 amide bonds. The summed E-state index contributed by atoms with van der Waals surface area (Å²) in [6.07, 6.45) is 1.52. The molecule has 0 bridgehead atoms. The molecular weight excluding hydrogens is 286 g/mol. The van der Waals surface area contributed by atoms with Gasteiger partial charge < -0.3 is 5.32 Å². The molecule has 0 unspecified atom stereocenters. The molecular formula is C7H4BrN3OS2. The van der Waals surface area contributed by atoms with E-state index in [2.05, 4.69) is 30.8 Å². The Morgan fingerprint density at radius 2 is 2.36 bits per heavy atom. The van der Waals surface area contributed by atoms with Gasteiger partial charge in [-0.2, -0.15) is 0 Å². The van der Waals surface area contributed by atoms with E-state index < -0.39 is 0 Å². The summed E-state index contributed by atoms with van der Waals surface area (Å²) in [4.78, 5) is 12.2. The molecule has 14 heavy (non-hydrogen) atoms. The van der Waals surface area contributed by atoms with E-state index in [9.17, 15) is 4.79 Å². The highest BCUT2D eigenvalue weighted by molar-refractivity contribution is 9.11. The quantitative estimate of drug-likeness (QED) is 0.925. The number of carbonyl (C=O) groups excluding carboxylic acids is 1. The van der Waals surface area contributed by atoms with E-state index in [4.69, 9.17) is 0 Å². The number of aromatic nitrogens is 2. The maximum atomic E-state index is 11.6. The largest absolute Gasteiger partial charge is 0.310 e. The van der Waals surface area contributed by atoms with Gasteiger partial charge in [-0.1, -0.05) is 4.49 Å². The third-order valence-corrected chi connectivity index (χ3v) is 3.60. The van der Waals surface area contributed by atoms with Gasteiger partial charge in [0.25, 0.3) is 5.91 Å². The molecule has 2 aromatic heterocycles. The first-order valence-corrected chi connectivity index (χ1v) is 5.98. The molecule has 7 heteroatoms. The molecule has 0 atom stereocenters. The van der Waals surface area contributed by atoms with E-state index in [1.54, 1.807) is 6.07 Å². The van der Waals surface area contributed by atoms with Crippen molar-refractivity contribution in [2.75, 3.05) is 5.32 Å². The van der Waals surface area contributed by atoms with Gasteiger partial charge in [-0.25, -0.2) is 0 Å². The molecule has 1 N–H and O–H groups in total. The average Bonchev–Trinajstić information content (AvgIpc) is 2.75. The molecule has 0 fully saturated rings. The second kappa shape index (κ2) is 4.16. The SMILES string of the molecule is O=C(Nc1cnns1)c1ccc(Br)s1. The first-order chi connectivity index (χ1) is 6.75. The van der Waals surface area contributed by atoms with Crippen molar-refractivity contribution >= 4 is 49.7 Å². The fraction of sp³-hybridized carbons (Fsp3) is 0. The van der Waals surface area contributed by atoms with Gasteiger partial charge in [0.2, 0.25) is 0 Å². The van der Waals surface area contributed by atoms with E-state index >= 15 is 0 Å². The molecule has 0 aliphatic carbocycles. The van der Waals surface area contributed by atoms with Crippen LogP contribution in [0.2, 0.25) is 0 Å². The molecule has 4 nitrogen and oxygen atoms in total. The minimum atomic E-state index is -0.133. The standard InChI is InChI=1S/C7H4BrN3OS2/c8-5-2-1-4(13-5)7(12)10-6-3-9-11-14-6/h1-3H,(H,10,12). The zero-order valence-corrected chi connectivity index (χ0v) is 9.95. The molecule has 72 valence electrons. The monoisotopic (exact) mass is 289 g/mol. The zero-order valence-electron chi connectivity index (χ0n) is 6.73. The molecule has 0 aromatic carbocycles. The summed E-state index contributed by atoms with van der Waals surface area (Å²) in [5.41, 5.74) is 0. The van der Waals surface area contributed by atoms with Crippen molar-refractivity contribution in [1.29, 1.82) is 0 Å². The Morgan fingerprint density at radius 1 is 1.50 bits per heavy atom. The summed E-state index contributed by atoms with van der Waals surface area (Å²) in [5, 5.41) is 6.97. The average molecular weight is 290 g/mol. The Kier molecular flexibility index (Phi) is 2.90. The summed E-state index contributed by atoms with van der Waals surface area (Å²) < 4.78 is 4.58. The predicted octanol–water partition coefficient (Wildman–Crippen LogP) is 2.61. The highest BCUT2D eigenvalue weighted by Crippen LogP contribution is 2.23. The van der Waals surface area contributed by atoms with Crippen LogP contribution in [0, 0.1) is 0 Å². The number of nitrogens with one attached hydrogen (secondary N) is 1. The molecule has 0 aliphatic rings. The van der Waals surface area contributed by atoms with Gasteiger partial charge in [0.15, 0.2) is 0 Å². The number of hydrogen-bond donors (Lipinski definition) is 1. The first-order valence-electron chi connectivity index (χ1n) is 3.60. The van der Waals surface area contributed by atoms with Crippen LogP contribution in [0.5, 0.6) is 0 Å². The third-order valence-electron chi connectivity index (χ3n) is 1.40. The van der Waals surface area contributed by atoms with E-state index in [1.807, 2.05) is 6.07 Å². The van der Waals surface area contributed by atoms with Crippen molar-refractivity contribution in [2.24, 2.45) is 0 Å². The van der Waals surface area contributed by atoms with Gasteiger partial charge in [-0.15, -0.1) is 16.4 Å². The highest BCUT2D eigenvalue weighted by Gasteiger charge is 2.09. The van der Waals surface area contributed by atoms with Crippen molar-refractivity contribution in [2.45, 2.75) is 0 Å². The second-order valence-electron chi connectivity index (χ2n) is 2.34. The van der Waals surface area contributed by atoms with Crippen molar-refractivity contribution in [3.8, 4) is 0 Å². The fourth-order valence-electron chi connectivity index (χ4n) is 0.832. The Labute approximate surface area is 96.3 Å². The molecule has 2 rings (SSSR count). The van der Waals surface area contributed by atoms with Crippen LogP contribution >= 0.6 is 38.8 Å². The number of thiophene rings is 1. The maximum absolute atomic E-state index is 11.6. The Balaban J connectivity index is 2.10. The molecule has 0 spiro atoms. The highest BCUT2D eigenvalue weighted by atomic mass is 79.9. The van der Waals surface area contributed by atoms with Crippen LogP contribution in [0.1, 0.15) is 9.67 Å². The van der Waals surface area contributed by atoms with Gasteiger partial charge in [-0.3, -0.25) is 4.79 Å². The molecule has 0 saturated heterocycles. The van der Waals surface area contributed by atoms with Gasteiger partial charge in [-0.05, 0) is 28.1 Å². The molecule has 2 aromatic rings. The van der Waals surface area contributed by atoms with Crippen LogP contribution in [0.4, 0.5) is 5.00 Å². The summed E-state index contributed by atoms with van der Waals surface area (Å²) in [5.74, 6) is -0.133. The predicted molar refractivity (Wildman–Crippen MR) is 59.9 cm³/mol. The number of nitrogens with zero attached hydrogens (tertiary/aromatic N) is 2. The van der Waals surface area contributed by atoms with E-state index in [1.165, 1.54) is 17.5 Å². The minimum Gasteiger partial charge on any atom is -0.310 e. The van der Waals surface area contributed by atoms with Gasteiger partial charge >= 0.3 is 0 Å². The third kappa shape index (κ3) is 2.17. The van der Waals surface area contributed by atoms with Crippen molar-refractivity contribution in [1.82, 2.24) is 9.59 Å². The van der Waals surface area contributed by atoms with Crippen LogP contribution in [-0.4, -0.2) is 15.5 Å². The number of hydrogen-bond acceptors (Lipinski definition) is 5. The summed E-state index contributed by atoms with van der Waals surface area (Å²) >= 11 is 5.83. The van der Waals surface area contributed by atoms with E-state index in [0.29, 0.717) is 9.88 Å². The van der Waals surface area contributed by atoms with Crippen molar-refractivity contribution in [3.63, 3.8) is 0 Å². The summed E-state index contributed by atoms with van der Waals surface area (Å²) in [6, 6.07) is 3.60. The summed E-state index contributed by atoms with van der Waals surface area (Å²) in [7, 11) is 0. The normalized spacial score (nSPS) is 10.1. The van der Waals surface area contributed by atoms with Crippen LogP contribution in [-0.2, 0) is 0 Å². The number of rotatable bonds is 2. The van der Waals surface area contributed by atoms with Crippen LogP contribution < -0.4 is 5.32 Å². The lowest BCUT2D eigenvalue weighted by atomic mass is 10.4. The minimum absolute atomic E-state index is 0.133. The van der Waals surface area contributed by atoms with Crippen molar-refractivity contribution < 1.29 is 4.79 Å². The lowest BCUT2D eigenvalue weighted by Crippen LogP contribution is -2.08. The van der Waals surface area contributed by atoms with E-state index in [0.717, 1.165) is 15.3 Å². The second-order valence-corrected chi connectivity index (χ2v) is 5.59. The fourth-order valence-corrected chi connectivity index (χ4v) is 2.53. The lowest BCUT2D eigenvalue weighted by Gasteiger charge is -1.96.